The van der Waals surface area contributed by atoms with E-state index in [9.17, 15) is 0 Å². The second-order valence-electron chi connectivity index (χ2n) is 26.0. The van der Waals surface area contributed by atoms with Crippen molar-refractivity contribution in [3.8, 4) is 68.2 Å². The van der Waals surface area contributed by atoms with Crippen LogP contribution >= 0.6 is 54.5 Å². The molecule has 4 heterocycles. The van der Waals surface area contributed by atoms with Crippen molar-refractivity contribution in [1.82, 2.24) is 9.97 Å². The topological polar surface area (TPSA) is 89.0 Å². The van der Waals surface area contributed by atoms with Crippen molar-refractivity contribution in [3.63, 3.8) is 0 Å². The Morgan fingerprint density at radius 2 is 0.663 bits per heavy atom. The zero-order valence-electron chi connectivity index (χ0n) is 58.2. The molecule has 0 bridgehead atoms. The van der Waals surface area contributed by atoms with Gasteiger partial charge in [-0.25, -0.2) is 9.97 Å². The van der Waals surface area contributed by atoms with Crippen LogP contribution in [0.1, 0.15) is 271 Å². The molecule has 0 fully saturated rings. The molecule has 0 aliphatic heterocycles. The molecular formula is C80H110Br2N2O6S2. The number of aromatic nitrogens is 2. The van der Waals surface area contributed by atoms with Gasteiger partial charge in [0.05, 0.1) is 54.9 Å². The van der Waals surface area contributed by atoms with Gasteiger partial charge in [-0.15, -0.1) is 22.7 Å². The Kier molecular flexibility index (Phi) is 32.4. The molecule has 6 unspecified atom stereocenters. The van der Waals surface area contributed by atoms with Crippen LogP contribution in [0.5, 0.6) is 23.0 Å². The standard InChI is InChI=1S/C80H110Br2N2O6S2/c1-13-25-31-55(19-7)41-63-47-71(81)91-77(63)79-83-73-69(39-37-61-43-65(85-51-57(21-9)33-27-15-3)49-66(44-61)86-52-58(22-10)34-28-16-4)76-74(84-80(90-76)78-64(48-72(82)92-78)42-56(20-8)32-26-14-2)70(75(73)89-79)40-38-62-45-67(87-53-59(23-11)35-29-17-5)50-68(46-62)88-54-60(24-12)36-30-18-6/h43-50,55-60H,13-36,41-42,51-54H2,1-12H3. The number of hydrogen-bond donors (Lipinski definition) is 0. The number of hydrogen-bond acceptors (Lipinski definition) is 10. The predicted octanol–water partition coefficient (Wildman–Crippen LogP) is 25.6. The van der Waals surface area contributed by atoms with Gasteiger partial charge >= 0.3 is 0 Å². The van der Waals surface area contributed by atoms with Crippen LogP contribution in [0.4, 0.5) is 0 Å². The largest absolute Gasteiger partial charge is 0.493 e. The number of thiophene rings is 2. The van der Waals surface area contributed by atoms with Crippen molar-refractivity contribution in [2.75, 3.05) is 26.4 Å². The molecule has 0 aliphatic rings. The number of rotatable bonds is 42. The van der Waals surface area contributed by atoms with Crippen molar-refractivity contribution in [3.05, 3.63) is 89.5 Å². The van der Waals surface area contributed by atoms with Crippen LogP contribution in [0.25, 0.3) is 43.7 Å². The number of nitrogens with zero attached hydrogens (tertiary/aromatic N) is 2. The first-order valence-corrected chi connectivity index (χ1v) is 39.3. The van der Waals surface area contributed by atoms with E-state index in [2.05, 4.69) is 175 Å². The molecule has 0 saturated carbocycles. The maximum atomic E-state index is 7.29. The Morgan fingerprint density at radius 3 is 0.935 bits per heavy atom. The lowest BCUT2D eigenvalue weighted by Gasteiger charge is -2.18. The highest BCUT2D eigenvalue weighted by Gasteiger charge is 2.29. The van der Waals surface area contributed by atoms with Crippen molar-refractivity contribution in [2.24, 2.45) is 35.5 Å². The normalized spacial score (nSPS) is 13.5. The molecule has 0 amide bonds. The van der Waals surface area contributed by atoms with Gasteiger partial charge in [-0.05, 0) is 153 Å². The van der Waals surface area contributed by atoms with Gasteiger partial charge in [-0.2, -0.15) is 0 Å². The third-order valence-corrected chi connectivity index (χ3v) is 22.1. The van der Waals surface area contributed by atoms with Crippen LogP contribution in [-0.4, -0.2) is 36.4 Å². The average molecular weight is 1420 g/mol. The smallest absolute Gasteiger partial charge is 0.237 e. The number of halogens is 2. The van der Waals surface area contributed by atoms with Crippen LogP contribution in [0.2, 0.25) is 0 Å². The summed E-state index contributed by atoms with van der Waals surface area (Å²) in [5.74, 6) is 21.6. The average Bonchev–Trinajstić information content (AvgIpc) is 1.57. The minimum atomic E-state index is 0.454. The first-order chi connectivity index (χ1) is 44.8. The Balaban J connectivity index is 1.51. The highest BCUT2D eigenvalue weighted by molar-refractivity contribution is 9.11. The van der Waals surface area contributed by atoms with Crippen molar-refractivity contribution in [1.29, 1.82) is 0 Å². The monoisotopic (exact) mass is 1420 g/mol. The molecule has 502 valence electrons. The van der Waals surface area contributed by atoms with E-state index in [4.69, 9.17) is 37.7 Å². The fourth-order valence-electron chi connectivity index (χ4n) is 12.3. The van der Waals surface area contributed by atoms with Gasteiger partial charge < -0.3 is 27.8 Å². The third-order valence-electron chi connectivity index (χ3n) is 18.8. The summed E-state index contributed by atoms with van der Waals surface area (Å²) in [6, 6.07) is 16.8. The highest BCUT2D eigenvalue weighted by Crippen LogP contribution is 2.45. The second-order valence-corrected chi connectivity index (χ2v) is 30.9. The van der Waals surface area contributed by atoms with E-state index >= 15 is 0 Å². The molecule has 7 rings (SSSR count). The maximum absolute atomic E-state index is 7.29. The van der Waals surface area contributed by atoms with E-state index in [0.717, 1.165) is 154 Å². The Labute approximate surface area is 579 Å². The summed E-state index contributed by atoms with van der Waals surface area (Å²) in [5.41, 5.74) is 7.32. The Morgan fingerprint density at radius 1 is 0.380 bits per heavy atom. The van der Waals surface area contributed by atoms with Crippen molar-refractivity contribution in [2.45, 2.75) is 250 Å². The van der Waals surface area contributed by atoms with Gasteiger partial charge in [0.2, 0.25) is 11.8 Å². The summed E-state index contributed by atoms with van der Waals surface area (Å²) in [6.07, 6.45) is 29.2. The van der Waals surface area contributed by atoms with E-state index in [1.165, 1.54) is 75.3 Å². The number of oxazole rings is 2. The fraction of sp³-hybridized carbons (Fsp3) is 0.600. The zero-order chi connectivity index (χ0) is 65.8. The minimum Gasteiger partial charge on any atom is -0.493 e. The van der Waals surface area contributed by atoms with E-state index in [-0.39, 0.29) is 0 Å². The molecule has 0 radical (unpaired) electrons. The van der Waals surface area contributed by atoms with Crippen molar-refractivity contribution < 1.29 is 27.8 Å². The SMILES string of the molecule is CCCCC(CC)COc1cc(C#Cc2c3nc(-c4sc(Br)cc4CC(CC)CCCC)oc3c(C#Cc3cc(OCC(CC)CCCC)cc(OCC(CC)CCCC)c3)c3nc(-c4sc(Br)cc4CC(CC)CCCC)oc23)cc(OCC(CC)CCCC)c1. The lowest BCUT2D eigenvalue weighted by Crippen LogP contribution is -2.12. The quantitative estimate of drug-likeness (QED) is 0.0350. The lowest BCUT2D eigenvalue weighted by molar-refractivity contribution is 0.223. The molecule has 0 spiro atoms. The fourth-order valence-corrected chi connectivity index (χ4v) is 15.5. The summed E-state index contributed by atoms with van der Waals surface area (Å²) in [5, 5.41) is 0. The molecular weight excluding hydrogens is 1310 g/mol. The van der Waals surface area contributed by atoms with Gasteiger partial charge in [0, 0.05) is 23.3 Å². The van der Waals surface area contributed by atoms with Gasteiger partial charge in [0.25, 0.3) is 0 Å². The van der Waals surface area contributed by atoms with Crippen LogP contribution in [-0.2, 0) is 12.8 Å². The minimum absolute atomic E-state index is 0.454. The first-order valence-electron chi connectivity index (χ1n) is 36.0. The summed E-state index contributed by atoms with van der Waals surface area (Å²) in [7, 11) is 0. The number of unbranched alkanes of at least 4 members (excludes halogenated alkanes) is 6. The second kappa shape index (κ2) is 40.0. The lowest BCUT2D eigenvalue weighted by atomic mass is 9.92. The van der Waals surface area contributed by atoms with Gasteiger partial charge in [-0.3, -0.25) is 0 Å². The molecule has 0 saturated heterocycles. The number of fused-ring (bicyclic) bond motifs is 2. The zero-order valence-corrected chi connectivity index (χ0v) is 63.0. The highest BCUT2D eigenvalue weighted by atomic mass is 79.9. The maximum Gasteiger partial charge on any atom is 0.237 e. The summed E-state index contributed by atoms with van der Waals surface area (Å²) in [6.45, 7) is 29.8. The summed E-state index contributed by atoms with van der Waals surface area (Å²) < 4.78 is 43.5. The van der Waals surface area contributed by atoms with Crippen LogP contribution < -0.4 is 18.9 Å². The molecule has 4 aromatic heterocycles. The van der Waals surface area contributed by atoms with Gasteiger partial charge in [-0.1, -0.05) is 235 Å². The van der Waals surface area contributed by atoms with E-state index in [1.54, 1.807) is 22.7 Å². The Hall–Kier alpha value is -4.72. The van der Waals surface area contributed by atoms with E-state index in [1.807, 2.05) is 12.1 Å². The molecule has 8 nitrogen and oxygen atoms in total. The molecule has 12 heteroatoms. The van der Waals surface area contributed by atoms with Gasteiger partial charge in [0.15, 0.2) is 11.2 Å². The van der Waals surface area contributed by atoms with Crippen LogP contribution in [0, 0.1) is 59.2 Å². The molecule has 6 atom stereocenters. The van der Waals surface area contributed by atoms with E-state index < -0.39 is 0 Å². The number of benzene rings is 3. The van der Waals surface area contributed by atoms with Gasteiger partial charge in [0.1, 0.15) is 34.0 Å². The van der Waals surface area contributed by atoms with E-state index in [0.29, 0.717) is 107 Å². The van der Waals surface area contributed by atoms with Crippen LogP contribution in [0.15, 0.2) is 64.9 Å². The molecule has 92 heavy (non-hydrogen) atoms. The third kappa shape index (κ3) is 22.2. The molecule has 0 aliphatic carbocycles. The summed E-state index contributed by atoms with van der Waals surface area (Å²) >= 11 is 11.1. The molecule has 3 aromatic carbocycles. The van der Waals surface area contributed by atoms with Crippen LogP contribution in [0.3, 0.4) is 0 Å². The predicted molar refractivity (Wildman–Crippen MR) is 398 cm³/mol. The Bertz CT molecular complexity index is 3100. The molecule has 7 aromatic rings. The summed E-state index contributed by atoms with van der Waals surface area (Å²) in [4.78, 5) is 13.1. The van der Waals surface area contributed by atoms with Crippen molar-refractivity contribution >= 4 is 76.7 Å². The number of ether oxygens (including phenoxy) is 4. The first kappa shape index (κ1) is 74.7. The molecule has 0 N–H and O–H groups in total.